The lowest BCUT2D eigenvalue weighted by Crippen LogP contribution is -2.06. The van der Waals surface area contributed by atoms with Crippen molar-refractivity contribution in [2.24, 2.45) is 0 Å². The number of benzene rings is 2. The molecule has 1 N–H and O–H groups in total. The summed E-state index contributed by atoms with van der Waals surface area (Å²) in [6, 6.07) is 13.1. The van der Waals surface area contributed by atoms with Crippen molar-refractivity contribution in [1.82, 2.24) is 0 Å². The fourth-order valence-corrected chi connectivity index (χ4v) is 3.85. The quantitative estimate of drug-likeness (QED) is 0.476. The number of hydrogen-bond acceptors (Lipinski definition) is 5. The molecule has 148 valence electrons. The smallest absolute Gasteiger partial charge is 0.360 e. The average molecular weight is 426 g/mol. The van der Waals surface area contributed by atoms with Crippen LogP contribution in [0.3, 0.4) is 0 Å². The van der Waals surface area contributed by atoms with Crippen molar-refractivity contribution in [1.29, 1.82) is 5.26 Å². The maximum absolute atomic E-state index is 12.6. The van der Waals surface area contributed by atoms with Gasteiger partial charge in [-0.25, -0.2) is 8.42 Å². The Balaban J connectivity index is 2.19. The molecule has 28 heavy (non-hydrogen) atoms. The minimum Gasteiger partial charge on any atom is -0.360 e. The number of thioether (sulfide) groups is 1. The van der Waals surface area contributed by atoms with Crippen LogP contribution in [0.2, 0.25) is 0 Å². The van der Waals surface area contributed by atoms with E-state index in [9.17, 15) is 26.9 Å². The molecular weight excluding hydrogens is 409 g/mol. The van der Waals surface area contributed by atoms with Gasteiger partial charge in [0.1, 0.15) is 6.07 Å². The third kappa shape index (κ3) is 5.78. The Kier molecular flexibility index (Phi) is 6.80. The molecule has 0 fully saturated rings. The SMILES string of the molecule is CC(C)c1ccc(S(=O)(=O)/C(C#N)=C\Nc2ccc(SC(F)(F)F)cc2)cc1. The third-order valence-corrected chi connectivity index (χ3v) is 6.13. The van der Waals surface area contributed by atoms with Gasteiger partial charge >= 0.3 is 5.51 Å². The highest BCUT2D eigenvalue weighted by molar-refractivity contribution is 8.00. The molecule has 0 saturated carbocycles. The molecule has 0 aliphatic heterocycles. The number of rotatable bonds is 6. The van der Waals surface area contributed by atoms with Crippen LogP contribution in [-0.4, -0.2) is 13.9 Å². The van der Waals surface area contributed by atoms with Crippen LogP contribution in [0.15, 0.2) is 69.4 Å². The van der Waals surface area contributed by atoms with Crippen LogP contribution >= 0.6 is 11.8 Å². The Hall–Kier alpha value is -2.44. The van der Waals surface area contributed by atoms with Gasteiger partial charge in [-0.15, -0.1) is 0 Å². The lowest BCUT2D eigenvalue weighted by Gasteiger charge is -2.08. The molecule has 0 bridgehead atoms. The molecule has 0 unspecified atom stereocenters. The molecule has 0 heterocycles. The summed E-state index contributed by atoms with van der Waals surface area (Å²) in [6.07, 6.45) is 1.03. The minimum absolute atomic E-state index is 0.000370. The molecule has 0 aliphatic rings. The van der Waals surface area contributed by atoms with Crippen LogP contribution < -0.4 is 5.32 Å². The van der Waals surface area contributed by atoms with Gasteiger partial charge in [-0.2, -0.15) is 18.4 Å². The van der Waals surface area contributed by atoms with E-state index in [2.05, 4.69) is 5.32 Å². The summed E-state index contributed by atoms with van der Waals surface area (Å²) in [6.45, 7) is 3.96. The second-order valence-electron chi connectivity index (χ2n) is 6.06. The molecular formula is C19H17F3N2O2S2. The monoisotopic (exact) mass is 426 g/mol. The van der Waals surface area contributed by atoms with Crippen molar-refractivity contribution in [3.05, 3.63) is 65.2 Å². The highest BCUT2D eigenvalue weighted by Crippen LogP contribution is 2.37. The van der Waals surface area contributed by atoms with Crippen LogP contribution in [0, 0.1) is 11.3 Å². The van der Waals surface area contributed by atoms with E-state index in [0.717, 1.165) is 11.8 Å². The Labute approximate surface area is 166 Å². The van der Waals surface area contributed by atoms with Crippen molar-refractivity contribution in [3.63, 3.8) is 0 Å². The van der Waals surface area contributed by atoms with E-state index in [1.807, 2.05) is 13.8 Å². The topological polar surface area (TPSA) is 70.0 Å². The van der Waals surface area contributed by atoms with Crippen molar-refractivity contribution in [3.8, 4) is 6.07 Å². The number of nitrogens with one attached hydrogen (secondary N) is 1. The van der Waals surface area contributed by atoms with Gasteiger partial charge in [-0.3, -0.25) is 0 Å². The van der Waals surface area contributed by atoms with E-state index in [1.165, 1.54) is 36.4 Å². The second-order valence-corrected chi connectivity index (χ2v) is 9.12. The molecule has 0 aromatic heterocycles. The number of nitriles is 1. The second kappa shape index (κ2) is 8.71. The fourth-order valence-electron chi connectivity index (χ4n) is 2.23. The van der Waals surface area contributed by atoms with E-state index in [0.29, 0.717) is 5.69 Å². The standard InChI is InChI=1S/C19H17F3N2O2S2/c1-13(2)14-3-9-17(10-4-14)28(25,26)18(11-23)12-24-15-5-7-16(8-6-15)27-19(20,21)22/h3-10,12-13,24H,1-2H3/b18-12-. The van der Waals surface area contributed by atoms with Gasteiger partial charge in [0.25, 0.3) is 0 Å². The zero-order valence-electron chi connectivity index (χ0n) is 15.0. The number of nitrogens with zero attached hydrogens (tertiary/aromatic N) is 1. The highest BCUT2D eigenvalue weighted by atomic mass is 32.2. The molecule has 0 spiro atoms. The molecule has 0 aliphatic carbocycles. The molecule has 0 amide bonds. The van der Waals surface area contributed by atoms with Gasteiger partial charge < -0.3 is 5.32 Å². The van der Waals surface area contributed by atoms with Gasteiger partial charge in [0, 0.05) is 16.8 Å². The molecule has 0 saturated heterocycles. The Morgan fingerprint density at radius 3 is 2.14 bits per heavy atom. The van der Waals surface area contributed by atoms with Crippen LogP contribution in [0.1, 0.15) is 25.3 Å². The van der Waals surface area contributed by atoms with Gasteiger partial charge in [0.05, 0.1) is 4.90 Å². The molecule has 2 aromatic rings. The van der Waals surface area contributed by atoms with Crippen molar-refractivity contribution in [2.45, 2.75) is 35.1 Å². The maximum Gasteiger partial charge on any atom is 0.446 e. The number of sulfone groups is 1. The number of alkyl halides is 3. The largest absolute Gasteiger partial charge is 0.446 e. The van der Waals surface area contributed by atoms with Gasteiger partial charge in [-0.1, -0.05) is 26.0 Å². The maximum atomic E-state index is 12.6. The summed E-state index contributed by atoms with van der Waals surface area (Å²) < 4.78 is 62.2. The predicted octanol–water partition coefficient (Wildman–Crippen LogP) is 5.67. The number of hydrogen-bond donors (Lipinski definition) is 1. The Bertz CT molecular complexity index is 989. The summed E-state index contributed by atoms with van der Waals surface area (Å²) in [5.74, 6) is 0.239. The van der Waals surface area contributed by atoms with Gasteiger partial charge in [-0.05, 0) is 59.6 Å². The first-order valence-electron chi connectivity index (χ1n) is 8.10. The van der Waals surface area contributed by atoms with E-state index in [4.69, 9.17) is 0 Å². The summed E-state index contributed by atoms with van der Waals surface area (Å²) in [5, 5.41) is 11.9. The van der Waals surface area contributed by atoms with Crippen molar-refractivity contribution < 1.29 is 21.6 Å². The summed E-state index contributed by atoms with van der Waals surface area (Å²) in [4.78, 5) is -0.512. The molecule has 0 radical (unpaired) electrons. The summed E-state index contributed by atoms with van der Waals surface area (Å²) in [5.41, 5.74) is -3.07. The Morgan fingerprint density at radius 1 is 1.11 bits per heavy atom. The molecule has 4 nitrogen and oxygen atoms in total. The summed E-state index contributed by atoms with van der Waals surface area (Å²) in [7, 11) is -4.01. The molecule has 2 rings (SSSR count). The number of allylic oxidation sites excluding steroid dienone is 1. The first-order valence-corrected chi connectivity index (χ1v) is 10.4. The predicted molar refractivity (Wildman–Crippen MR) is 103 cm³/mol. The van der Waals surface area contributed by atoms with Gasteiger partial charge in [0.2, 0.25) is 9.84 Å². The first-order chi connectivity index (χ1) is 13.0. The molecule has 9 heteroatoms. The third-order valence-electron chi connectivity index (χ3n) is 3.71. The van der Waals surface area contributed by atoms with Gasteiger partial charge in [0.15, 0.2) is 4.91 Å². The Morgan fingerprint density at radius 2 is 1.68 bits per heavy atom. The number of anilines is 1. The van der Waals surface area contributed by atoms with Crippen LogP contribution in [-0.2, 0) is 9.84 Å². The normalized spacial score (nSPS) is 12.7. The lowest BCUT2D eigenvalue weighted by molar-refractivity contribution is -0.0328. The zero-order chi connectivity index (χ0) is 20.9. The van der Waals surface area contributed by atoms with Crippen molar-refractivity contribution >= 4 is 27.3 Å². The summed E-state index contributed by atoms with van der Waals surface area (Å²) >= 11 is -0.249. The van der Waals surface area contributed by atoms with E-state index in [-0.39, 0.29) is 27.5 Å². The van der Waals surface area contributed by atoms with Crippen molar-refractivity contribution in [2.75, 3.05) is 5.32 Å². The minimum atomic E-state index is -4.39. The molecule has 0 atom stereocenters. The molecule has 2 aromatic carbocycles. The van der Waals surface area contributed by atoms with E-state index in [1.54, 1.807) is 18.2 Å². The zero-order valence-corrected chi connectivity index (χ0v) is 16.6. The first kappa shape index (κ1) is 21.9. The van der Waals surface area contributed by atoms with Crippen LogP contribution in [0.4, 0.5) is 18.9 Å². The van der Waals surface area contributed by atoms with Crippen LogP contribution in [0.25, 0.3) is 0 Å². The average Bonchev–Trinajstić information content (AvgIpc) is 2.62. The van der Waals surface area contributed by atoms with E-state index >= 15 is 0 Å². The fraction of sp³-hybridized carbons (Fsp3) is 0.211. The van der Waals surface area contributed by atoms with E-state index < -0.39 is 20.3 Å². The lowest BCUT2D eigenvalue weighted by atomic mass is 10.0. The number of halogens is 3. The highest BCUT2D eigenvalue weighted by Gasteiger charge is 2.29. The van der Waals surface area contributed by atoms with Crippen LogP contribution in [0.5, 0.6) is 0 Å².